The van der Waals surface area contributed by atoms with Gasteiger partial charge in [-0.2, -0.15) is 0 Å². The van der Waals surface area contributed by atoms with E-state index in [0.29, 0.717) is 24.6 Å². The van der Waals surface area contributed by atoms with Crippen LogP contribution in [0.4, 0.5) is 9.18 Å². The number of aromatic amines is 1. The van der Waals surface area contributed by atoms with E-state index in [1.54, 1.807) is 23.1 Å². The van der Waals surface area contributed by atoms with E-state index in [1.807, 2.05) is 45.0 Å². The standard InChI is InChI=1S/C23H26FN3O4/c1-23(2,3)31-22(28)27-12-13-29-19(14-27)20(15-8-4-6-10-17(15)24)30-21-16-9-5-7-11-18(16)25-26-21/h4-11,19-20H,12-14H2,1-3H3,(H,25,26)/t19-,20?/m0/s1. The Bertz CT molecular complexity index is 1060. The lowest BCUT2D eigenvalue weighted by Crippen LogP contribution is -2.50. The summed E-state index contributed by atoms with van der Waals surface area (Å²) >= 11 is 0. The largest absolute Gasteiger partial charge is 0.465 e. The van der Waals surface area contributed by atoms with Crippen LogP contribution in [0.15, 0.2) is 48.5 Å². The molecule has 2 atom stereocenters. The number of para-hydroxylation sites is 1. The molecule has 0 bridgehead atoms. The number of hydrogen-bond acceptors (Lipinski definition) is 5. The van der Waals surface area contributed by atoms with E-state index in [-0.39, 0.29) is 6.54 Å². The molecule has 2 aromatic carbocycles. The molecule has 2 heterocycles. The normalized spacial score (nSPS) is 18.1. The lowest BCUT2D eigenvalue weighted by Gasteiger charge is -2.37. The fourth-order valence-electron chi connectivity index (χ4n) is 3.54. The molecule has 0 aliphatic carbocycles. The summed E-state index contributed by atoms with van der Waals surface area (Å²) in [5.74, 6) is -0.0628. The molecule has 31 heavy (non-hydrogen) atoms. The van der Waals surface area contributed by atoms with Gasteiger partial charge in [-0.15, -0.1) is 5.10 Å². The van der Waals surface area contributed by atoms with Crippen LogP contribution < -0.4 is 4.74 Å². The van der Waals surface area contributed by atoms with Crippen LogP contribution in [0.3, 0.4) is 0 Å². The van der Waals surface area contributed by atoms with Crippen molar-refractivity contribution in [2.45, 2.75) is 38.6 Å². The number of ether oxygens (including phenoxy) is 3. The number of benzene rings is 2. The number of carbonyl (C=O) groups excluding carboxylic acids is 1. The Hall–Kier alpha value is -3.13. The molecule has 1 fully saturated rings. The first-order valence-corrected chi connectivity index (χ1v) is 10.3. The second-order valence-electron chi connectivity index (χ2n) is 8.47. The lowest BCUT2D eigenvalue weighted by molar-refractivity contribution is -0.0849. The van der Waals surface area contributed by atoms with Crippen LogP contribution >= 0.6 is 0 Å². The number of nitrogens with one attached hydrogen (secondary N) is 1. The number of morpholine rings is 1. The molecule has 164 valence electrons. The number of amides is 1. The fourth-order valence-corrected chi connectivity index (χ4v) is 3.54. The molecule has 7 nitrogen and oxygen atoms in total. The molecule has 1 aliphatic rings. The maximum Gasteiger partial charge on any atom is 0.410 e. The number of fused-ring (bicyclic) bond motifs is 1. The van der Waals surface area contributed by atoms with Crippen molar-refractivity contribution in [3.8, 4) is 5.88 Å². The van der Waals surface area contributed by atoms with E-state index in [1.165, 1.54) is 6.07 Å². The van der Waals surface area contributed by atoms with E-state index in [9.17, 15) is 9.18 Å². The highest BCUT2D eigenvalue weighted by Gasteiger charge is 2.36. The summed E-state index contributed by atoms with van der Waals surface area (Å²) in [5, 5.41) is 7.96. The van der Waals surface area contributed by atoms with Crippen LogP contribution in [0.5, 0.6) is 5.88 Å². The number of nitrogens with zero attached hydrogens (tertiary/aromatic N) is 2. The molecular weight excluding hydrogens is 401 g/mol. The van der Waals surface area contributed by atoms with Gasteiger partial charge in [-0.3, -0.25) is 5.10 Å². The molecule has 1 saturated heterocycles. The molecule has 1 unspecified atom stereocenters. The Balaban J connectivity index is 1.63. The van der Waals surface area contributed by atoms with Gasteiger partial charge in [0, 0.05) is 12.1 Å². The number of aromatic nitrogens is 2. The second-order valence-corrected chi connectivity index (χ2v) is 8.47. The molecule has 0 saturated carbocycles. The van der Waals surface area contributed by atoms with Gasteiger partial charge < -0.3 is 19.1 Å². The summed E-state index contributed by atoms with van der Waals surface area (Å²) < 4.78 is 32.4. The Morgan fingerprint density at radius 3 is 2.74 bits per heavy atom. The fraction of sp³-hybridized carbons (Fsp3) is 0.391. The van der Waals surface area contributed by atoms with Gasteiger partial charge in [-0.05, 0) is 39.0 Å². The Kier molecular flexibility index (Phi) is 5.82. The first kappa shape index (κ1) is 21.1. The van der Waals surface area contributed by atoms with Crippen molar-refractivity contribution in [3.05, 3.63) is 59.9 Å². The minimum atomic E-state index is -0.807. The second kappa shape index (κ2) is 8.55. The van der Waals surface area contributed by atoms with Gasteiger partial charge in [0.15, 0.2) is 6.10 Å². The summed E-state index contributed by atoms with van der Waals surface area (Å²) in [5.41, 5.74) is 0.538. The zero-order valence-electron chi connectivity index (χ0n) is 17.8. The van der Waals surface area contributed by atoms with E-state index >= 15 is 0 Å². The van der Waals surface area contributed by atoms with Crippen molar-refractivity contribution >= 4 is 17.0 Å². The van der Waals surface area contributed by atoms with Gasteiger partial charge >= 0.3 is 6.09 Å². The van der Waals surface area contributed by atoms with Crippen molar-refractivity contribution in [2.24, 2.45) is 0 Å². The minimum Gasteiger partial charge on any atom is -0.465 e. The van der Waals surface area contributed by atoms with Crippen molar-refractivity contribution in [1.82, 2.24) is 15.1 Å². The first-order valence-electron chi connectivity index (χ1n) is 10.3. The van der Waals surface area contributed by atoms with Crippen LogP contribution in [-0.4, -0.2) is 52.6 Å². The van der Waals surface area contributed by atoms with Crippen molar-refractivity contribution in [3.63, 3.8) is 0 Å². The van der Waals surface area contributed by atoms with Gasteiger partial charge in [0.2, 0.25) is 5.88 Å². The summed E-state index contributed by atoms with van der Waals surface area (Å²) in [6.07, 6.45) is -1.84. The molecule has 0 spiro atoms. The lowest BCUT2D eigenvalue weighted by atomic mass is 10.0. The van der Waals surface area contributed by atoms with Crippen LogP contribution in [0.25, 0.3) is 10.9 Å². The summed E-state index contributed by atoms with van der Waals surface area (Å²) in [6.45, 7) is 6.33. The van der Waals surface area contributed by atoms with Crippen LogP contribution in [-0.2, 0) is 9.47 Å². The topological polar surface area (TPSA) is 76.7 Å². The third-order valence-electron chi connectivity index (χ3n) is 4.97. The van der Waals surface area contributed by atoms with Crippen LogP contribution in [0.2, 0.25) is 0 Å². The van der Waals surface area contributed by atoms with E-state index in [2.05, 4.69) is 10.2 Å². The van der Waals surface area contributed by atoms with Gasteiger partial charge in [-0.1, -0.05) is 30.3 Å². The Morgan fingerprint density at radius 2 is 1.97 bits per heavy atom. The third kappa shape index (κ3) is 4.80. The predicted octanol–water partition coefficient (Wildman–Crippen LogP) is 4.46. The molecule has 4 rings (SSSR count). The molecule has 3 aromatic rings. The quantitative estimate of drug-likeness (QED) is 0.665. The van der Waals surface area contributed by atoms with Crippen molar-refractivity contribution < 1.29 is 23.4 Å². The molecule has 1 aromatic heterocycles. The summed E-state index contributed by atoms with van der Waals surface area (Å²) in [7, 11) is 0. The average Bonchev–Trinajstić information content (AvgIpc) is 3.14. The predicted molar refractivity (Wildman–Crippen MR) is 113 cm³/mol. The number of hydrogen-bond donors (Lipinski definition) is 1. The molecule has 8 heteroatoms. The molecular formula is C23H26FN3O4. The number of H-pyrrole nitrogens is 1. The van der Waals surface area contributed by atoms with Gasteiger partial charge in [0.1, 0.15) is 17.5 Å². The van der Waals surface area contributed by atoms with Crippen LogP contribution in [0, 0.1) is 5.82 Å². The first-order chi connectivity index (χ1) is 14.8. The monoisotopic (exact) mass is 427 g/mol. The number of carbonyl (C=O) groups is 1. The zero-order valence-corrected chi connectivity index (χ0v) is 17.8. The average molecular weight is 427 g/mol. The Morgan fingerprint density at radius 1 is 1.23 bits per heavy atom. The molecule has 0 radical (unpaired) electrons. The highest BCUT2D eigenvalue weighted by atomic mass is 19.1. The highest BCUT2D eigenvalue weighted by molar-refractivity contribution is 5.83. The minimum absolute atomic E-state index is 0.205. The highest BCUT2D eigenvalue weighted by Crippen LogP contribution is 2.33. The zero-order chi connectivity index (χ0) is 22.0. The maximum absolute atomic E-state index is 14.7. The van der Waals surface area contributed by atoms with Crippen LogP contribution in [0.1, 0.15) is 32.4 Å². The smallest absolute Gasteiger partial charge is 0.410 e. The Labute approximate surface area is 180 Å². The molecule has 1 N–H and O–H groups in total. The van der Waals surface area contributed by atoms with E-state index in [4.69, 9.17) is 14.2 Å². The summed E-state index contributed by atoms with van der Waals surface area (Å²) in [4.78, 5) is 14.2. The van der Waals surface area contributed by atoms with Crippen molar-refractivity contribution in [2.75, 3.05) is 19.7 Å². The SMILES string of the molecule is CC(C)(C)OC(=O)N1CCO[C@H](C(Oc2n[nH]c3ccccc23)c2ccccc2F)C1. The third-order valence-corrected chi connectivity index (χ3v) is 4.97. The van der Waals surface area contributed by atoms with Gasteiger partial charge in [-0.25, -0.2) is 9.18 Å². The van der Waals surface area contributed by atoms with E-state index in [0.717, 1.165) is 10.9 Å². The maximum atomic E-state index is 14.7. The molecule has 1 aliphatic heterocycles. The van der Waals surface area contributed by atoms with Crippen molar-refractivity contribution in [1.29, 1.82) is 0 Å². The summed E-state index contributed by atoms with van der Waals surface area (Å²) in [6, 6.07) is 13.9. The van der Waals surface area contributed by atoms with Gasteiger partial charge in [0.05, 0.1) is 24.1 Å². The number of halogens is 1. The van der Waals surface area contributed by atoms with Gasteiger partial charge in [0.25, 0.3) is 0 Å². The van der Waals surface area contributed by atoms with E-state index < -0.39 is 29.7 Å². The molecule has 1 amide bonds. The number of rotatable bonds is 4.